The molecule has 0 fully saturated rings. The molecule has 2 nitrogen and oxygen atoms in total. The number of hydrogen-bond donors (Lipinski definition) is 2. The summed E-state index contributed by atoms with van der Waals surface area (Å²) in [4.78, 5) is 3.23. The Bertz CT molecular complexity index is 230. The zero-order valence-electron chi connectivity index (χ0n) is 7.65. The first-order chi connectivity index (χ1) is 5.05. The van der Waals surface area contributed by atoms with Crippen LogP contribution < -0.4 is 5.32 Å². The molecule has 0 aliphatic heterocycles. The molecule has 0 bridgehead atoms. The lowest BCUT2D eigenvalue weighted by Crippen LogP contribution is -2.13. The van der Waals surface area contributed by atoms with E-state index in [-0.39, 0.29) is 5.41 Å². The Labute approximate surface area is 68.0 Å². The fourth-order valence-corrected chi connectivity index (χ4v) is 1.20. The molecule has 0 radical (unpaired) electrons. The lowest BCUT2D eigenvalue weighted by atomic mass is 9.91. The Morgan fingerprint density at radius 1 is 1.36 bits per heavy atom. The second kappa shape index (κ2) is 2.61. The van der Waals surface area contributed by atoms with Crippen molar-refractivity contribution < 1.29 is 0 Å². The van der Waals surface area contributed by atoms with Gasteiger partial charge in [0, 0.05) is 24.4 Å². The zero-order valence-corrected chi connectivity index (χ0v) is 7.65. The fraction of sp³-hybridized carbons (Fsp3) is 0.556. The van der Waals surface area contributed by atoms with Gasteiger partial charge in [-0.3, -0.25) is 0 Å². The largest absolute Gasteiger partial charge is 0.387 e. The van der Waals surface area contributed by atoms with Crippen LogP contribution >= 0.6 is 0 Å². The predicted octanol–water partition coefficient (Wildman–Crippen LogP) is 2.35. The zero-order chi connectivity index (χ0) is 8.48. The summed E-state index contributed by atoms with van der Waals surface area (Å²) in [5.41, 5.74) is 2.65. The molecule has 2 heteroatoms. The van der Waals surface area contributed by atoms with Crippen LogP contribution in [0.25, 0.3) is 0 Å². The van der Waals surface area contributed by atoms with Crippen LogP contribution in [-0.4, -0.2) is 12.0 Å². The predicted molar refractivity (Wildman–Crippen MR) is 49.0 cm³/mol. The highest BCUT2D eigenvalue weighted by atomic mass is 14.9. The smallest absolute Gasteiger partial charge is 0.0553 e. The Hall–Kier alpha value is -0.920. The Morgan fingerprint density at radius 2 is 2.00 bits per heavy atom. The number of hydrogen-bond acceptors (Lipinski definition) is 1. The van der Waals surface area contributed by atoms with E-state index < -0.39 is 0 Å². The molecule has 0 atom stereocenters. The first-order valence-electron chi connectivity index (χ1n) is 3.91. The van der Waals surface area contributed by atoms with Crippen molar-refractivity contribution in [3.8, 4) is 0 Å². The average molecular weight is 152 g/mol. The molecule has 62 valence electrons. The van der Waals surface area contributed by atoms with Crippen molar-refractivity contribution >= 4 is 5.69 Å². The first kappa shape index (κ1) is 8.18. The molecule has 2 N–H and O–H groups in total. The van der Waals surface area contributed by atoms with Gasteiger partial charge in [-0.2, -0.15) is 0 Å². The van der Waals surface area contributed by atoms with Crippen molar-refractivity contribution in [1.29, 1.82) is 0 Å². The summed E-state index contributed by atoms with van der Waals surface area (Å²) < 4.78 is 0. The van der Waals surface area contributed by atoms with Crippen molar-refractivity contribution in [2.45, 2.75) is 26.2 Å². The molecule has 1 aromatic heterocycles. The van der Waals surface area contributed by atoms with E-state index in [0.717, 1.165) is 0 Å². The maximum absolute atomic E-state index is 3.23. The Kier molecular flexibility index (Phi) is 1.94. The molecule has 1 heterocycles. The van der Waals surface area contributed by atoms with E-state index in [2.05, 4.69) is 37.1 Å². The fourth-order valence-electron chi connectivity index (χ4n) is 1.20. The number of anilines is 1. The van der Waals surface area contributed by atoms with Crippen LogP contribution in [0.2, 0.25) is 0 Å². The molecule has 0 unspecified atom stereocenters. The third-order valence-electron chi connectivity index (χ3n) is 1.77. The molecule has 0 aliphatic rings. The third kappa shape index (κ3) is 1.56. The summed E-state index contributed by atoms with van der Waals surface area (Å²) in [5.74, 6) is 0. The molecular weight excluding hydrogens is 136 g/mol. The maximum atomic E-state index is 3.23. The second-order valence-corrected chi connectivity index (χ2v) is 3.77. The van der Waals surface area contributed by atoms with Gasteiger partial charge < -0.3 is 10.3 Å². The standard InChI is InChI=1S/C9H16N2/c1-9(2,3)8-7(10-4)5-6-11-8/h5-6,10-11H,1-4H3. The average Bonchev–Trinajstić information content (AvgIpc) is 2.31. The van der Waals surface area contributed by atoms with Crippen molar-refractivity contribution in [1.82, 2.24) is 4.98 Å². The summed E-state index contributed by atoms with van der Waals surface area (Å²) in [7, 11) is 1.94. The van der Waals surface area contributed by atoms with E-state index in [1.165, 1.54) is 11.4 Å². The van der Waals surface area contributed by atoms with Gasteiger partial charge in [-0.05, 0) is 6.07 Å². The minimum Gasteiger partial charge on any atom is -0.387 e. The van der Waals surface area contributed by atoms with Crippen molar-refractivity contribution in [3.63, 3.8) is 0 Å². The van der Waals surface area contributed by atoms with Crippen molar-refractivity contribution in [2.75, 3.05) is 12.4 Å². The highest BCUT2D eigenvalue weighted by Gasteiger charge is 2.17. The molecule has 1 aromatic rings. The van der Waals surface area contributed by atoms with Crippen LogP contribution in [0.1, 0.15) is 26.5 Å². The van der Waals surface area contributed by atoms with Crippen molar-refractivity contribution in [3.05, 3.63) is 18.0 Å². The summed E-state index contributed by atoms with van der Waals surface area (Å²) in [6.07, 6.45) is 1.96. The van der Waals surface area contributed by atoms with Crippen LogP contribution in [0, 0.1) is 0 Å². The van der Waals surface area contributed by atoms with Gasteiger partial charge >= 0.3 is 0 Å². The highest BCUT2D eigenvalue weighted by molar-refractivity contribution is 5.50. The molecule has 11 heavy (non-hydrogen) atoms. The van der Waals surface area contributed by atoms with Gasteiger partial charge in [0.25, 0.3) is 0 Å². The number of rotatable bonds is 1. The molecule has 0 aliphatic carbocycles. The van der Waals surface area contributed by atoms with E-state index in [4.69, 9.17) is 0 Å². The molecule has 0 amide bonds. The normalized spacial score (nSPS) is 11.6. The van der Waals surface area contributed by atoms with Crippen LogP contribution in [0.5, 0.6) is 0 Å². The summed E-state index contributed by atoms with van der Waals surface area (Å²) in [5, 5.41) is 3.15. The maximum Gasteiger partial charge on any atom is 0.0553 e. The number of H-pyrrole nitrogens is 1. The summed E-state index contributed by atoms with van der Waals surface area (Å²) in [6.45, 7) is 6.58. The van der Waals surface area contributed by atoms with Crippen LogP contribution in [0.3, 0.4) is 0 Å². The van der Waals surface area contributed by atoms with Gasteiger partial charge in [0.2, 0.25) is 0 Å². The molecule has 0 aromatic carbocycles. The third-order valence-corrected chi connectivity index (χ3v) is 1.77. The van der Waals surface area contributed by atoms with Gasteiger partial charge in [-0.25, -0.2) is 0 Å². The van der Waals surface area contributed by atoms with Gasteiger partial charge in [-0.1, -0.05) is 20.8 Å². The molecule has 1 rings (SSSR count). The summed E-state index contributed by atoms with van der Waals surface area (Å²) in [6, 6.07) is 2.06. The van der Waals surface area contributed by atoms with Gasteiger partial charge in [0.1, 0.15) is 0 Å². The van der Waals surface area contributed by atoms with E-state index >= 15 is 0 Å². The monoisotopic (exact) mass is 152 g/mol. The lowest BCUT2D eigenvalue weighted by molar-refractivity contribution is 0.574. The Morgan fingerprint density at radius 3 is 2.36 bits per heavy atom. The molecule has 0 saturated carbocycles. The molecular formula is C9H16N2. The van der Waals surface area contributed by atoms with Crippen molar-refractivity contribution in [2.24, 2.45) is 0 Å². The Balaban J connectivity index is 3.02. The minimum absolute atomic E-state index is 0.196. The summed E-state index contributed by atoms with van der Waals surface area (Å²) >= 11 is 0. The van der Waals surface area contributed by atoms with E-state index in [9.17, 15) is 0 Å². The van der Waals surface area contributed by atoms with Gasteiger partial charge in [0.15, 0.2) is 0 Å². The van der Waals surface area contributed by atoms with E-state index in [1.54, 1.807) is 0 Å². The SMILES string of the molecule is CNc1cc[nH]c1C(C)(C)C. The first-order valence-corrected chi connectivity index (χ1v) is 3.91. The topological polar surface area (TPSA) is 27.8 Å². The quantitative estimate of drug-likeness (QED) is 0.635. The van der Waals surface area contributed by atoms with Crippen LogP contribution in [-0.2, 0) is 5.41 Å². The highest BCUT2D eigenvalue weighted by Crippen LogP contribution is 2.27. The van der Waals surface area contributed by atoms with Crippen LogP contribution in [0.4, 0.5) is 5.69 Å². The van der Waals surface area contributed by atoms with Gasteiger partial charge in [-0.15, -0.1) is 0 Å². The minimum atomic E-state index is 0.196. The molecule has 0 saturated heterocycles. The van der Waals surface area contributed by atoms with E-state index in [1.807, 2.05) is 13.2 Å². The second-order valence-electron chi connectivity index (χ2n) is 3.77. The number of aromatic nitrogens is 1. The molecule has 0 spiro atoms. The van der Waals surface area contributed by atoms with Crippen LogP contribution in [0.15, 0.2) is 12.3 Å². The van der Waals surface area contributed by atoms with Gasteiger partial charge in [0.05, 0.1) is 5.69 Å². The van der Waals surface area contributed by atoms with E-state index in [0.29, 0.717) is 0 Å². The number of nitrogens with one attached hydrogen (secondary N) is 2. The number of aromatic amines is 1. The lowest BCUT2D eigenvalue weighted by Gasteiger charge is -2.18.